The summed E-state index contributed by atoms with van der Waals surface area (Å²) in [5.74, 6) is 0.174. The summed E-state index contributed by atoms with van der Waals surface area (Å²) < 4.78 is 0. The molecule has 0 radical (unpaired) electrons. The molecule has 1 aliphatic carbocycles. The van der Waals surface area contributed by atoms with Crippen LogP contribution in [0.3, 0.4) is 0 Å². The van der Waals surface area contributed by atoms with Crippen LogP contribution < -0.4 is 5.73 Å². The molecular weight excluding hydrogens is 200 g/mol. The first-order valence-corrected chi connectivity index (χ1v) is 5.57. The van der Waals surface area contributed by atoms with Crippen LogP contribution in [-0.2, 0) is 10.2 Å². The lowest BCUT2D eigenvalue weighted by Crippen LogP contribution is -2.32. The van der Waals surface area contributed by atoms with E-state index in [1.807, 2.05) is 44.4 Å². The predicted molar refractivity (Wildman–Crippen MR) is 64.0 cm³/mol. The van der Waals surface area contributed by atoms with Crippen molar-refractivity contribution in [2.24, 2.45) is 11.7 Å². The molecular formula is C13H18N2O. The zero-order chi connectivity index (χ0) is 11.8. The van der Waals surface area contributed by atoms with E-state index in [0.29, 0.717) is 5.92 Å². The molecule has 86 valence electrons. The second-order valence-electron chi connectivity index (χ2n) is 4.86. The van der Waals surface area contributed by atoms with Gasteiger partial charge in [-0.3, -0.25) is 4.79 Å². The van der Waals surface area contributed by atoms with Gasteiger partial charge in [0.05, 0.1) is 5.41 Å². The summed E-state index contributed by atoms with van der Waals surface area (Å²) in [6.07, 6.45) is 0.879. The largest absolute Gasteiger partial charge is 0.369 e. The molecule has 0 bridgehead atoms. The van der Waals surface area contributed by atoms with Crippen LogP contribution in [-0.4, -0.2) is 31.4 Å². The van der Waals surface area contributed by atoms with E-state index in [9.17, 15) is 4.79 Å². The predicted octanol–water partition coefficient (Wildman–Crippen LogP) is 0.991. The summed E-state index contributed by atoms with van der Waals surface area (Å²) >= 11 is 0. The smallest absolute Gasteiger partial charge is 0.228 e. The molecule has 0 unspecified atom stereocenters. The fourth-order valence-electron chi connectivity index (χ4n) is 2.52. The van der Waals surface area contributed by atoms with Crippen molar-refractivity contribution < 1.29 is 4.79 Å². The van der Waals surface area contributed by atoms with Crippen molar-refractivity contribution in [3.05, 3.63) is 35.9 Å². The number of primary amides is 1. The maximum atomic E-state index is 11.7. The summed E-state index contributed by atoms with van der Waals surface area (Å²) in [6.45, 7) is 0.915. The van der Waals surface area contributed by atoms with Crippen LogP contribution in [0.15, 0.2) is 30.3 Å². The van der Waals surface area contributed by atoms with E-state index < -0.39 is 5.41 Å². The Morgan fingerprint density at radius 2 is 2.06 bits per heavy atom. The van der Waals surface area contributed by atoms with Gasteiger partial charge in [0, 0.05) is 6.54 Å². The molecule has 2 atom stereocenters. The standard InChI is InChI=1S/C13H18N2O/c1-15(2)9-11-8-13(11,12(14)16)10-6-4-3-5-7-10/h3-7,11H,8-9H2,1-2H3,(H2,14,16)/t11-,13+/m1/s1. The van der Waals surface area contributed by atoms with Gasteiger partial charge >= 0.3 is 0 Å². The van der Waals surface area contributed by atoms with Crippen molar-refractivity contribution in [2.75, 3.05) is 20.6 Å². The molecule has 1 aromatic rings. The molecule has 0 spiro atoms. The van der Waals surface area contributed by atoms with Crippen molar-refractivity contribution in [3.8, 4) is 0 Å². The molecule has 1 aromatic carbocycles. The maximum absolute atomic E-state index is 11.7. The molecule has 0 saturated heterocycles. The van der Waals surface area contributed by atoms with Crippen molar-refractivity contribution in [1.29, 1.82) is 0 Å². The first kappa shape index (κ1) is 11.1. The Bertz CT molecular complexity index is 388. The zero-order valence-corrected chi connectivity index (χ0v) is 9.81. The molecule has 2 N–H and O–H groups in total. The van der Waals surface area contributed by atoms with Crippen LogP contribution in [0.5, 0.6) is 0 Å². The fraction of sp³-hybridized carbons (Fsp3) is 0.462. The molecule has 1 fully saturated rings. The molecule has 3 heteroatoms. The van der Waals surface area contributed by atoms with Crippen LogP contribution in [0, 0.1) is 5.92 Å². The summed E-state index contributed by atoms with van der Waals surface area (Å²) in [5.41, 5.74) is 6.23. The summed E-state index contributed by atoms with van der Waals surface area (Å²) in [4.78, 5) is 13.8. The summed E-state index contributed by atoms with van der Waals surface area (Å²) in [5, 5.41) is 0. The summed E-state index contributed by atoms with van der Waals surface area (Å²) in [7, 11) is 4.05. The number of benzene rings is 1. The molecule has 2 rings (SSSR count). The zero-order valence-electron chi connectivity index (χ0n) is 9.81. The van der Waals surface area contributed by atoms with E-state index in [4.69, 9.17) is 5.73 Å². The highest BCUT2D eigenvalue weighted by Crippen LogP contribution is 2.54. The van der Waals surface area contributed by atoms with Gasteiger partial charge in [-0.1, -0.05) is 30.3 Å². The minimum atomic E-state index is -0.411. The van der Waals surface area contributed by atoms with Crippen LogP contribution in [0.2, 0.25) is 0 Å². The Hall–Kier alpha value is -1.35. The third-order valence-corrected chi connectivity index (χ3v) is 3.42. The van der Waals surface area contributed by atoms with Gasteiger partial charge in [-0.05, 0) is 32.0 Å². The molecule has 1 saturated carbocycles. The van der Waals surface area contributed by atoms with Gasteiger partial charge in [-0.15, -0.1) is 0 Å². The number of amides is 1. The fourth-order valence-corrected chi connectivity index (χ4v) is 2.52. The molecule has 1 aliphatic rings. The Balaban J connectivity index is 2.25. The van der Waals surface area contributed by atoms with Crippen molar-refractivity contribution in [2.45, 2.75) is 11.8 Å². The lowest BCUT2D eigenvalue weighted by molar-refractivity contribution is -0.120. The van der Waals surface area contributed by atoms with Crippen LogP contribution in [0.25, 0.3) is 0 Å². The lowest BCUT2D eigenvalue weighted by Gasteiger charge is -2.16. The van der Waals surface area contributed by atoms with Gasteiger partial charge in [0.1, 0.15) is 0 Å². The lowest BCUT2D eigenvalue weighted by atomic mass is 9.92. The van der Waals surface area contributed by atoms with E-state index in [0.717, 1.165) is 18.5 Å². The van der Waals surface area contributed by atoms with Crippen LogP contribution >= 0.6 is 0 Å². The number of carbonyl (C=O) groups excluding carboxylic acids is 1. The van der Waals surface area contributed by atoms with Crippen molar-refractivity contribution in [1.82, 2.24) is 4.90 Å². The van der Waals surface area contributed by atoms with Gasteiger partial charge < -0.3 is 10.6 Å². The molecule has 0 aliphatic heterocycles. The number of rotatable bonds is 4. The minimum absolute atomic E-state index is 0.189. The molecule has 16 heavy (non-hydrogen) atoms. The van der Waals surface area contributed by atoms with E-state index in [-0.39, 0.29) is 5.91 Å². The summed E-state index contributed by atoms with van der Waals surface area (Å²) in [6, 6.07) is 9.89. The third-order valence-electron chi connectivity index (χ3n) is 3.42. The van der Waals surface area contributed by atoms with Crippen LogP contribution in [0.4, 0.5) is 0 Å². The Morgan fingerprint density at radius 1 is 1.44 bits per heavy atom. The highest BCUT2D eigenvalue weighted by Gasteiger charge is 2.59. The average molecular weight is 218 g/mol. The molecule has 1 amide bonds. The van der Waals surface area contributed by atoms with Gasteiger partial charge in [-0.2, -0.15) is 0 Å². The van der Waals surface area contributed by atoms with Gasteiger partial charge in [0.15, 0.2) is 0 Å². The van der Waals surface area contributed by atoms with E-state index >= 15 is 0 Å². The van der Waals surface area contributed by atoms with Crippen molar-refractivity contribution in [3.63, 3.8) is 0 Å². The average Bonchev–Trinajstić information content (AvgIpc) is 2.94. The topological polar surface area (TPSA) is 46.3 Å². The van der Waals surface area contributed by atoms with Gasteiger partial charge in [-0.25, -0.2) is 0 Å². The van der Waals surface area contributed by atoms with Crippen LogP contribution in [0.1, 0.15) is 12.0 Å². The second-order valence-corrected chi connectivity index (χ2v) is 4.86. The van der Waals surface area contributed by atoms with Gasteiger partial charge in [0.2, 0.25) is 5.91 Å². The minimum Gasteiger partial charge on any atom is -0.369 e. The number of hydrogen-bond donors (Lipinski definition) is 1. The second kappa shape index (κ2) is 3.91. The van der Waals surface area contributed by atoms with E-state index in [1.54, 1.807) is 0 Å². The number of nitrogens with zero attached hydrogens (tertiary/aromatic N) is 1. The molecule has 0 aromatic heterocycles. The van der Waals surface area contributed by atoms with Crippen molar-refractivity contribution >= 4 is 5.91 Å². The Morgan fingerprint density at radius 3 is 2.56 bits per heavy atom. The highest BCUT2D eigenvalue weighted by molar-refractivity contribution is 5.90. The monoisotopic (exact) mass is 218 g/mol. The number of nitrogens with two attached hydrogens (primary N) is 1. The SMILES string of the molecule is CN(C)C[C@H]1C[C@]1(C(N)=O)c1ccccc1. The Kier molecular flexibility index (Phi) is 2.72. The molecule has 0 heterocycles. The van der Waals surface area contributed by atoms with Gasteiger partial charge in [0.25, 0.3) is 0 Å². The number of carbonyl (C=O) groups is 1. The Labute approximate surface area is 96.2 Å². The third kappa shape index (κ3) is 1.71. The maximum Gasteiger partial charge on any atom is 0.228 e. The molecule has 3 nitrogen and oxygen atoms in total. The number of hydrogen-bond acceptors (Lipinski definition) is 2. The van der Waals surface area contributed by atoms with E-state index in [2.05, 4.69) is 4.90 Å². The first-order valence-electron chi connectivity index (χ1n) is 5.57. The van der Waals surface area contributed by atoms with E-state index in [1.165, 1.54) is 0 Å². The quantitative estimate of drug-likeness (QED) is 0.819. The highest BCUT2D eigenvalue weighted by atomic mass is 16.1. The normalized spacial score (nSPS) is 28.1. The first-order chi connectivity index (χ1) is 7.57.